The van der Waals surface area contributed by atoms with Crippen LogP contribution in [0, 0.1) is 6.92 Å². The van der Waals surface area contributed by atoms with Crippen LogP contribution in [0.1, 0.15) is 28.5 Å². The number of hydrogen-bond donors (Lipinski definition) is 0. The molecule has 0 unspecified atom stereocenters. The Hall–Kier alpha value is -2.00. The molecule has 0 saturated carbocycles. The van der Waals surface area contributed by atoms with E-state index in [1.165, 1.54) is 0 Å². The Kier molecular flexibility index (Phi) is 5.02. The van der Waals surface area contributed by atoms with Crippen molar-refractivity contribution in [3.05, 3.63) is 65.5 Å². The fraction of sp³-hybridized carbons (Fsp3) is 0.294. The first-order valence-corrected chi connectivity index (χ1v) is 6.91. The molecule has 20 heavy (non-hydrogen) atoms. The van der Waals surface area contributed by atoms with Gasteiger partial charge in [0.25, 0.3) is 0 Å². The van der Waals surface area contributed by atoms with E-state index in [0.717, 1.165) is 23.4 Å². The van der Waals surface area contributed by atoms with Crippen LogP contribution in [0.25, 0.3) is 0 Å². The van der Waals surface area contributed by atoms with Crippen LogP contribution in [0.5, 0.6) is 0 Å². The van der Waals surface area contributed by atoms with Crippen LogP contribution in [0.3, 0.4) is 0 Å². The molecular formula is C17H20N2O. The van der Waals surface area contributed by atoms with Gasteiger partial charge in [-0.25, -0.2) is 0 Å². The summed E-state index contributed by atoms with van der Waals surface area (Å²) in [5.74, 6) is 0.159. The van der Waals surface area contributed by atoms with E-state index in [-0.39, 0.29) is 5.78 Å². The van der Waals surface area contributed by atoms with Crippen molar-refractivity contribution < 1.29 is 4.79 Å². The molecule has 0 spiro atoms. The van der Waals surface area contributed by atoms with Crippen molar-refractivity contribution >= 4 is 5.78 Å². The van der Waals surface area contributed by atoms with Crippen LogP contribution >= 0.6 is 0 Å². The SMILES string of the molecule is CCN(CC(=O)c1cccc(C)c1)Cc1ccccn1. The maximum atomic E-state index is 12.3. The van der Waals surface area contributed by atoms with Crippen molar-refractivity contribution in [3.8, 4) is 0 Å². The van der Waals surface area contributed by atoms with Gasteiger partial charge in [0.2, 0.25) is 0 Å². The van der Waals surface area contributed by atoms with Gasteiger partial charge in [0.15, 0.2) is 5.78 Å². The summed E-state index contributed by atoms with van der Waals surface area (Å²) in [5.41, 5.74) is 2.89. The zero-order chi connectivity index (χ0) is 14.4. The molecule has 0 fully saturated rings. The number of pyridine rings is 1. The summed E-state index contributed by atoms with van der Waals surface area (Å²) in [6.07, 6.45) is 1.78. The van der Waals surface area contributed by atoms with Gasteiger partial charge in [-0.1, -0.05) is 36.8 Å². The number of likely N-dealkylation sites (N-methyl/N-ethyl adjacent to an activating group) is 1. The van der Waals surface area contributed by atoms with Gasteiger partial charge in [-0.05, 0) is 31.7 Å². The highest BCUT2D eigenvalue weighted by Gasteiger charge is 2.12. The van der Waals surface area contributed by atoms with Crippen LogP contribution in [0.15, 0.2) is 48.7 Å². The highest BCUT2D eigenvalue weighted by molar-refractivity contribution is 5.97. The Labute approximate surface area is 120 Å². The quantitative estimate of drug-likeness (QED) is 0.755. The zero-order valence-corrected chi connectivity index (χ0v) is 12.0. The zero-order valence-electron chi connectivity index (χ0n) is 12.0. The number of rotatable bonds is 6. The van der Waals surface area contributed by atoms with E-state index in [1.807, 2.05) is 49.4 Å². The molecule has 0 aliphatic heterocycles. The molecule has 1 aromatic heterocycles. The molecule has 0 N–H and O–H groups in total. The van der Waals surface area contributed by atoms with Crippen LogP contribution < -0.4 is 0 Å². The standard InChI is InChI=1S/C17H20N2O/c1-3-19(12-16-9-4-5-10-18-16)13-17(20)15-8-6-7-14(2)11-15/h4-11H,3,12-13H2,1-2H3. The number of aromatic nitrogens is 1. The maximum absolute atomic E-state index is 12.3. The highest BCUT2D eigenvalue weighted by atomic mass is 16.1. The molecule has 0 amide bonds. The summed E-state index contributed by atoms with van der Waals surface area (Å²) < 4.78 is 0. The summed E-state index contributed by atoms with van der Waals surface area (Å²) in [5, 5.41) is 0. The topological polar surface area (TPSA) is 33.2 Å². The number of Topliss-reactive ketones (excluding diaryl/α,β-unsaturated/α-hetero) is 1. The van der Waals surface area contributed by atoms with Gasteiger partial charge in [0, 0.05) is 18.3 Å². The third kappa shape index (κ3) is 4.00. The molecule has 2 aromatic rings. The summed E-state index contributed by atoms with van der Waals surface area (Å²) in [6.45, 7) is 6.02. The van der Waals surface area contributed by atoms with Crippen molar-refractivity contribution in [2.24, 2.45) is 0 Å². The maximum Gasteiger partial charge on any atom is 0.176 e. The largest absolute Gasteiger partial charge is 0.293 e. The summed E-state index contributed by atoms with van der Waals surface area (Å²) in [7, 11) is 0. The van der Waals surface area contributed by atoms with Crippen molar-refractivity contribution in [2.75, 3.05) is 13.1 Å². The fourth-order valence-corrected chi connectivity index (χ4v) is 2.11. The molecular weight excluding hydrogens is 248 g/mol. The van der Waals surface area contributed by atoms with Crippen molar-refractivity contribution in [2.45, 2.75) is 20.4 Å². The van der Waals surface area contributed by atoms with Crippen LogP contribution in [-0.4, -0.2) is 28.8 Å². The van der Waals surface area contributed by atoms with E-state index in [4.69, 9.17) is 0 Å². The molecule has 1 aromatic carbocycles. The summed E-state index contributed by atoms with van der Waals surface area (Å²) in [4.78, 5) is 18.7. The second kappa shape index (κ2) is 6.96. The average Bonchev–Trinajstić information content (AvgIpc) is 2.47. The Morgan fingerprint density at radius 2 is 2.05 bits per heavy atom. The molecule has 0 aliphatic carbocycles. The molecule has 1 heterocycles. The minimum absolute atomic E-state index is 0.159. The number of carbonyl (C=O) groups is 1. The third-order valence-corrected chi connectivity index (χ3v) is 3.27. The lowest BCUT2D eigenvalue weighted by Gasteiger charge is -2.19. The summed E-state index contributed by atoms with van der Waals surface area (Å²) >= 11 is 0. The van der Waals surface area contributed by atoms with Crippen LogP contribution in [0.2, 0.25) is 0 Å². The van der Waals surface area contributed by atoms with Gasteiger partial charge in [0.05, 0.1) is 12.2 Å². The lowest BCUT2D eigenvalue weighted by molar-refractivity contribution is 0.0928. The first-order chi connectivity index (χ1) is 9.69. The molecule has 0 atom stereocenters. The predicted octanol–water partition coefficient (Wildman–Crippen LogP) is 3.09. The Balaban J connectivity index is 2.01. The van der Waals surface area contributed by atoms with Crippen LogP contribution in [0.4, 0.5) is 0 Å². The number of hydrogen-bond acceptors (Lipinski definition) is 3. The first kappa shape index (κ1) is 14.4. The second-order valence-corrected chi connectivity index (χ2v) is 4.92. The molecule has 3 heteroatoms. The van der Waals surface area contributed by atoms with E-state index in [1.54, 1.807) is 6.20 Å². The Bertz CT molecular complexity index is 566. The lowest BCUT2D eigenvalue weighted by atomic mass is 10.1. The molecule has 0 aliphatic rings. The van der Waals surface area contributed by atoms with Gasteiger partial charge in [-0.3, -0.25) is 14.7 Å². The Morgan fingerprint density at radius 1 is 1.20 bits per heavy atom. The van der Waals surface area contributed by atoms with Gasteiger partial charge in [-0.15, -0.1) is 0 Å². The van der Waals surface area contributed by atoms with Gasteiger partial charge >= 0.3 is 0 Å². The van der Waals surface area contributed by atoms with Gasteiger partial charge in [-0.2, -0.15) is 0 Å². The fourth-order valence-electron chi connectivity index (χ4n) is 2.11. The molecule has 0 bridgehead atoms. The minimum atomic E-state index is 0.159. The van der Waals surface area contributed by atoms with E-state index < -0.39 is 0 Å². The van der Waals surface area contributed by atoms with E-state index in [9.17, 15) is 4.79 Å². The smallest absolute Gasteiger partial charge is 0.176 e. The number of aryl methyl sites for hydroxylation is 1. The number of carbonyl (C=O) groups excluding carboxylic acids is 1. The monoisotopic (exact) mass is 268 g/mol. The molecule has 3 nitrogen and oxygen atoms in total. The average molecular weight is 268 g/mol. The normalized spacial score (nSPS) is 10.8. The van der Waals surface area contributed by atoms with E-state index in [0.29, 0.717) is 13.1 Å². The highest BCUT2D eigenvalue weighted by Crippen LogP contribution is 2.07. The van der Waals surface area contributed by atoms with Crippen molar-refractivity contribution in [3.63, 3.8) is 0 Å². The summed E-state index contributed by atoms with van der Waals surface area (Å²) in [6, 6.07) is 13.6. The number of nitrogens with zero attached hydrogens (tertiary/aromatic N) is 2. The first-order valence-electron chi connectivity index (χ1n) is 6.91. The number of ketones is 1. The minimum Gasteiger partial charge on any atom is -0.293 e. The molecule has 2 rings (SSSR count). The molecule has 0 saturated heterocycles. The van der Waals surface area contributed by atoms with Gasteiger partial charge < -0.3 is 0 Å². The van der Waals surface area contributed by atoms with Crippen LogP contribution in [-0.2, 0) is 6.54 Å². The Morgan fingerprint density at radius 3 is 2.70 bits per heavy atom. The molecule has 0 radical (unpaired) electrons. The predicted molar refractivity (Wildman–Crippen MR) is 80.7 cm³/mol. The third-order valence-electron chi connectivity index (χ3n) is 3.27. The van der Waals surface area contributed by atoms with Gasteiger partial charge in [0.1, 0.15) is 0 Å². The van der Waals surface area contributed by atoms with E-state index in [2.05, 4.69) is 16.8 Å². The van der Waals surface area contributed by atoms with Crippen molar-refractivity contribution in [1.29, 1.82) is 0 Å². The van der Waals surface area contributed by atoms with Crippen molar-refractivity contribution in [1.82, 2.24) is 9.88 Å². The second-order valence-electron chi connectivity index (χ2n) is 4.92. The molecule has 104 valence electrons. The number of benzene rings is 1. The lowest BCUT2D eigenvalue weighted by Crippen LogP contribution is -2.29. The van der Waals surface area contributed by atoms with E-state index >= 15 is 0 Å².